The first-order chi connectivity index (χ1) is 13.9. The highest BCUT2D eigenvalue weighted by molar-refractivity contribution is 5.83. The normalized spacial score (nSPS) is 19.8. The summed E-state index contributed by atoms with van der Waals surface area (Å²) in [7, 11) is 3.46. The van der Waals surface area contributed by atoms with Gasteiger partial charge in [0.05, 0.1) is 12.0 Å². The highest BCUT2D eigenvalue weighted by atomic mass is 19.1. The quantitative estimate of drug-likeness (QED) is 0.801. The molecule has 29 heavy (non-hydrogen) atoms. The third kappa shape index (κ3) is 3.65. The second kappa shape index (κ2) is 7.59. The fourth-order valence-corrected chi connectivity index (χ4v) is 4.35. The van der Waals surface area contributed by atoms with Gasteiger partial charge in [-0.05, 0) is 41.7 Å². The molecule has 0 radical (unpaired) electrons. The van der Waals surface area contributed by atoms with Crippen LogP contribution in [0.4, 0.5) is 4.39 Å². The summed E-state index contributed by atoms with van der Waals surface area (Å²) in [5.74, 6) is -0.419. The first kappa shape index (κ1) is 19.6. The van der Waals surface area contributed by atoms with Gasteiger partial charge in [-0.25, -0.2) is 4.39 Å². The van der Waals surface area contributed by atoms with Crippen molar-refractivity contribution in [3.8, 4) is 0 Å². The number of hydrogen-bond acceptors (Lipinski definition) is 3. The van der Waals surface area contributed by atoms with Crippen LogP contribution in [0.2, 0.25) is 0 Å². The van der Waals surface area contributed by atoms with Gasteiger partial charge in [0.2, 0.25) is 5.91 Å². The molecule has 1 fully saturated rings. The van der Waals surface area contributed by atoms with Crippen LogP contribution in [0.25, 0.3) is 0 Å². The van der Waals surface area contributed by atoms with Gasteiger partial charge in [0.25, 0.3) is 5.91 Å². The molecule has 2 amide bonds. The maximum Gasteiger partial charge on any atom is 0.255 e. The van der Waals surface area contributed by atoms with Gasteiger partial charge >= 0.3 is 0 Å². The van der Waals surface area contributed by atoms with E-state index in [9.17, 15) is 14.0 Å². The summed E-state index contributed by atoms with van der Waals surface area (Å²) in [6.07, 6.45) is 0.853. The van der Waals surface area contributed by atoms with Gasteiger partial charge in [-0.3, -0.25) is 9.59 Å². The topological polar surface area (TPSA) is 49.9 Å². The largest absolute Gasteiger partial charge is 0.352 e. The van der Waals surface area contributed by atoms with E-state index in [1.807, 2.05) is 29.2 Å². The summed E-state index contributed by atoms with van der Waals surface area (Å²) in [5, 5.41) is 0. The van der Waals surface area contributed by atoms with Crippen molar-refractivity contribution in [2.45, 2.75) is 31.0 Å². The minimum Gasteiger partial charge on any atom is -0.352 e. The van der Waals surface area contributed by atoms with Crippen molar-refractivity contribution in [1.82, 2.24) is 9.80 Å². The van der Waals surface area contributed by atoms with Crippen LogP contribution < -0.4 is 0 Å². The molecule has 1 saturated heterocycles. The van der Waals surface area contributed by atoms with Gasteiger partial charge in [-0.1, -0.05) is 36.4 Å². The molecule has 0 bridgehead atoms. The zero-order valence-electron chi connectivity index (χ0n) is 16.7. The summed E-state index contributed by atoms with van der Waals surface area (Å²) in [6.45, 7) is 1.09. The molecular weight excluding hydrogens is 371 g/mol. The first-order valence-electron chi connectivity index (χ1n) is 9.90. The number of nitrogens with zero attached hydrogens (tertiary/aromatic N) is 2. The smallest absolute Gasteiger partial charge is 0.255 e. The second-order valence-electron chi connectivity index (χ2n) is 8.00. The zero-order valence-corrected chi connectivity index (χ0v) is 16.7. The molecule has 0 aliphatic carbocycles. The van der Waals surface area contributed by atoms with Crippen molar-refractivity contribution in [2.75, 3.05) is 27.2 Å². The number of fused-ring (bicyclic) bond motifs is 2. The Morgan fingerprint density at radius 2 is 1.86 bits per heavy atom. The fraction of sp³-hybridized carbons (Fsp3) is 0.391. The number of piperidine rings is 1. The Labute approximate surface area is 170 Å². The van der Waals surface area contributed by atoms with Crippen LogP contribution in [0, 0.1) is 5.82 Å². The molecule has 0 N–H and O–H groups in total. The summed E-state index contributed by atoms with van der Waals surface area (Å²) < 4.78 is 19.8. The number of rotatable bonds is 3. The third-order valence-corrected chi connectivity index (χ3v) is 5.91. The van der Waals surface area contributed by atoms with E-state index in [1.165, 1.54) is 12.1 Å². The molecule has 0 saturated carbocycles. The number of halogens is 1. The van der Waals surface area contributed by atoms with Crippen molar-refractivity contribution >= 4 is 11.8 Å². The van der Waals surface area contributed by atoms with Crippen LogP contribution in [-0.4, -0.2) is 48.8 Å². The number of likely N-dealkylation sites (N-methyl/N-ethyl adjacent to an activating group) is 1. The molecule has 1 atom stereocenters. The Balaban J connectivity index is 1.48. The van der Waals surface area contributed by atoms with E-state index in [0.29, 0.717) is 31.5 Å². The molecular formula is C23H25FN2O3. The van der Waals surface area contributed by atoms with Crippen molar-refractivity contribution < 1.29 is 18.7 Å². The van der Waals surface area contributed by atoms with E-state index in [4.69, 9.17) is 4.74 Å². The van der Waals surface area contributed by atoms with Crippen molar-refractivity contribution in [3.63, 3.8) is 0 Å². The fourth-order valence-electron chi connectivity index (χ4n) is 4.35. The lowest BCUT2D eigenvalue weighted by Gasteiger charge is -2.39. The van der Waals surface area contributed by atoms with Gasteiger partial charge in [0.1, 0.15) is 5.82 Å². The Hall–Kier alpha value is -2.73. The van der Waals surface area contributed by atoms with Crippen LogP contribution >= 0.6 is 0 Å². The molecule has 152 valence electrons. The highest BCUT2D eigenvalue weighted by Gasteiger charge is 2.49. The lowest BCUT2D eigenvalue weighted by atomic mass is 9.83. The molecule has 2 aliphatic rings. The molecule has 2 aliphatic heterocycles. The SMILES string of the molecule is CN(C)C(=O)[C@H]1OC2(CCN(C(=O)Cc3cccc(F)c3)CC2)c2ccccc21. The predicted octanol–water partition coefficient (Wildman–Crippen LogP) is 3.05. The number of carbonyl (C=O) groups excluding carboxylic acids is 2. The van der Waals surface area contributed by atoms with Crippen molar-refractivity contribution in [3.05, 3.63) is 71.0 Å². The summed E-state index contributed by atoms with van der Waals surface area (Å²) in [6, 6.07) is 14.0. The van der Waals surface area contributed by atoms with Gasteiger partial charge in [0.15, 0.2) is 6.10 Å². The maximum absolute atomic E-state index is 13.4. The number of carbonyl (C=O) groups is 2. The Bertz CT molecular complexity index is 935. The standard InChI is InChI=1S/C23H25FN2O3/c1-25(2)22(28)21-18-8-3-4-9-19(18)23(29-21)10-12-26(13-11-23)20(27)15-16-6-5-7-17(24)14-16/h3-9,14,21H,10-13,15H2,1-2H3/t21-/m0/s1. The average Bonchev–Trinajstić information content (AvgIpc) is 3.02. The number of ether oxygens (including phenoxy) is 1. The van der Waals surface area contributed by atoms with E-state index in [1.54, 1.807) is 31.1 Å². The van der Waals surface area contributed by atoms with Gasteiger partial charge in [0, 0.05) is 27.2 Å². The summed E-state index contributed by atoms with van der Waals surface area (Å²) >= 11 is 0. The minimum atomic E-state index is -0.601. The predicted molar refractivity (Wildman–Crippen MR) is 107 cm³/mol. The first-order valence-corrected chi connectivity index (χ1v) is 9.90. The van der Waals surface area contributed by atoms with Crippen molar-refractivity contribution in [1.29, 1.82) is 0 Å². The molecule has 4 rings (SSSR count). The molecule has 1 spiro atoms. The molecule has 2 aromatic carbocycles. The molecule has 5 nitrogen and oxygen atoms in total. The van der Waals surface area contributed by atoms with Crippen LogP contribution in [0.5, 0.6) is 0 Å². The van der Waals surface area contributed by atoms with Crippen LogP contribution in [0.15, 0.2) is 48.5 Å². The van der Waals surface area contributed by atoms with E-state index in [0.717, 1.165) is 11.1 Å². The molecule has 0 unspecified atom stereocenters. The van der Waals surface area contributed by atoms with Crippen LogP contribution in [0.1, 0.15) is 35.6 Å². The van der Waals surface area contributed by atoms with Crippen molar-refractivity contribution in [2.24, 2.45) is 0 Å². The number of benzene rings is 2. The molecule has 2 aromatic rings. The summed E-state index contributed by atoms with van der Waals surface area (Å²) in [4.78, 5) is 28.7. The number of amides is 2. The Morgan fingerprint density at radius 3 is 2.55 bits per heavy atom. The number of likely N-dealkylation sites (tertiary alicyclic amines) is 1. The second-order valence-corrected chi connectivity index (χ2v) is 8.00. The van der Waals surface area contributed by atoms with Crippen LogP contribution in [0.3, 0.4) is 0 Å². The van der Waals surface area contributed by atoms with E-state index in [-0.39, 0.29) is 24.1 Å². The lowest BCUT2D eigenvalue weighted by Crippen LogP contribution is -2.46. The summed E-state index contributed by atoms with van der Waals surface area (Å²) in [5.41, 5.74) is 2.11. The average molecular weight is 396 g/mol. The van der Waals surface area contributed by atoms with Gasteiger partial charge in [-0.15, -0.1) is 0 Å². The Kier molecular flexibility index (Phi) is 5.13. The lowest BCUT2D eigenvalue weighted by molar-refractivity contribution is -0.161. The van der Waals surface area contributed by atoms with Crippen LogP contribution in [-0.2, 0) is 26.3 Å². The maximum atomic E-state index is 13.4. The van der Waals surface area contributed by atoms with E-state index >= 15 is 0 Å². The third-order valence-electron chi connectivity index (χ3n) is 5.91. The Morgan fingerprint density at radius 1 is 1.14 bits per heavy atom. The number of hydrogen-bond donors (Lipinski definition) is 0. The zero-order chi connectivity index (χ0) is 20.6. The molecule has 6 heteroatoms. The van der Waals surface area contributed by atoms with E-state index in [2.05, 4.69) is 0 Å². The molecule has 0 aromatic heterocycles. The van der Waals surface area contributed by atoms with Gasteiger partial charge in [-0.2, -0.15) is 0 Å². The molecule has 2 heterocycles. The van der Waals surface area contributed by atoms with E-state index < -0.39 is 11.7 Å². The van der Waals surface area contributed by atoms with Gasteiger partial charge < -0.3 is 14.5 Å². The highest BCUT2D eigenvalue weighted by Crippen LogP contribution is 2.49. The monoisotopic (exact) mass is 396 g/mol. The minimum absolute atomic E-state index is 0.0161.